The predicted octanol–water partition coefficient (Wildman–Crippen LogP) is 2.73. The Morgan fingerprint density at radius 2 is 2.10 bits per heavy atom. The fourth-order valence-electron chi connectivity index (χ4n) is 2.89. The SMILES string of the molecule is CC(N)C(=O)NCC1CCC(C)(C)c2ccccc21.Cl. The molecule has 1 aliphatic carbocycles. The summed E-state index contributed by atoms with van der Waals surface area (Å²) in [6.07, 6.45) is 2.27. The van der Waals surface area contributed by atoms with E-state index in [4.69, 9.17) is 5.73 Å². The van der Waals surface area contributed by atoms with Crippen molar-refractivity contribution in [3.8, 4) is 0 Å². The monoisotopic (exact) mass is 296 g/mol. The van der Waals surface area contributed by atoms with E-state index in [0.29, 0.717) is 12.5 Å². The summed E-state index contributed by atoms with van der Waals surface area (Å²) < 4.78 is 0. The molecule has 0 bridgehead atoms. The van der Waals surface area contributed by atoms with E-state index in [1.165, 1.54) is 11.1 Å². The van der Waals surface area contributed by atoms with Gasteiger partial charge in [-0.05, 0) is 36.3 Å². The van der Waals surface area contributed by atoms with E-state index < -0.39 is 6.04 Å². The molecule has 1 amide bonds. The molecule has 1 aliphatic rings. The number of nitrogens with two attached hydrogens (primary N) is 1. The van der Waals surface area contributed by atoms with E-state index in [0.717, 1.165) is 12.8 Å². The zero-order valence-corrected chi connectivity index (χ0v) is 13.3. The van der Waals surface area contributed by atoms with Gasteiger partial charge < -0.3 is 11.1 Å². The lowest BCUT2D eigenvalue weighted by Crippen LogP contribution is -2.41. The van der Waals surface area contributed by atoms with E-state index >= 15 is 0 Å². The molecule has 3 N–H and O–H groups in total. The molecule has 0 fully saturated rings. The number of fused-ring (bicyclic) bond motifs is 1. The van der Waals surface area contributed by atoms with Crippen LogP contribution in [-0.4, -0.2) is 18.5 Å². The second kappa shape index (κ2) is 6.59. The molecule has 0 spiro atoms. The van der Waals surface area contributed by atoms with Gasteiger partial charge in [0.05, 0.1) is 6.04 Å². The first kappa shape index (κ1) is 17.0. The molecule has 2 atom stereocenters. The summed E-state index contributed by atoms with van der Waals surface area (Å²) in [5.41, 5.74) is 8.61. The number of nitrogens with one attached hydrogen (secondary N) is 1. The Labute approximate surface area is 127 Å². The quantitative estimate of drug-likeness (QED) is 0.901. The van der Waals surface area contributed by atoms with Crippen LogP contribution < -0.4 is 11.1 Å². The molecule has 1 aromatic carbocycles. The molecule has 2 rings (SSSR count). The molecule has 0 aliphatic heterocycles. The summed E-state index contributed by atoms with van der Waals surface area (Å²) in [4.78, 5) is 11.6. The highest BCUT2D eigenvalue weighted by Crippen LogP contribution is 2.42. The van der Waals surface area contributed by atoms with Crippen LogP contribution in [0.4, 0.5) is 0 Å². The largest absolute Gasteiger partial charge is 0.354 e. The molecule has 0 saturated carbocycles. The Morgan fingerprint density at radius 1 is 1.45 bits per heavy atom. The highest BCUT2D eigenvalue weighted by atomic mass is 35.5. The highest BCUT2D eigenvalue weighted by Gasteiger charge is 2.32. The molecule has 0 saturated heterocycles. The van der Waals surface area contributed by atoms with Crippen molar-refractivity contribution in [2.24, 2.45) is 5.73 Å². The number of hydrogen-bond donors (Lipinski definition) is 2. The number of carbonyl (C=O) groups excluding carboxylic acids is 1. The van der Waals surface area contributed by atoms with Crippen molar-refractivity contribution in [1.29, 1.82) is 0 Å². The normalized spacial score (nSPS) is 21.3. The zero-order chi connectivity index (χ0) is 14.0. The van der Waals surface area contributed by atoms with Gasteiger partial charge in [-0.25, -0.2) is 0 Å². The van der Waals surface area contributed by atoms with Gasteiger partial charge in [0.15, 0.2) is 0 Å². The predicted molar refractivity (Wildman–Crippen MR) is 85.4 cm³/mol. The molecule has 0 aromatic heterocycles. The Balaban J connectivity index is 0.00000200. The van der Waals surface area contributed by atoms with Crippen LogP contribution in [0.3, 0.4) is 0 Å². The summed E-state index contributed by atoms with van der Waals surface area (Å²) in [7, 11) is 0. The van der Waals surface area contributed by atoms with Gasteiger partial charge in [0.2, 0.25) is 5.91 Å². The van der Waals surface area contributed by atoms with Crippen molar-refractivity contribution in [3.63, 3.8) is 0 Å². The van der Waals surface area contributed by atoms with Gasteiger partial charge in [-0.15, -0.1) is 12.4 Å². The molecule has 20 heavy (non-hydrogen) atoms. The summed E-state index contributed by atoms with van der Waals surface area (Å²) in [5.74, 6) is 0.342. The Bertz CT molecular complexity index is 471. The Morgan fingerprint density at radius 3 is 2.75 bits per heavy atom. The van der Waals surface area contributed by atoms with Crippen molar-refractivity contribution in [1.82, 2.24) is 5.32 Å². The van der Waals surface area contributed by atoms with Crippen LogP contribution >= 0.6 is 12.4 Å². The molecule has 3 nitrogen and oxygen atoms in total. The first-order chi connectivity index (χ1) is 8.92. The smallest absolute Gasteiger partial charge is 0.236 e. The molecule has 0 radical (unpaired) electrons. The Kier molecular flexibility index (Phi) is 5.60. The van der Waals surface area contributed by atoms with Gasteiger partial charge in [-0.3, -0.25) is 4.79 Å². The first-order valence-electron chi connectivity index (χ1n) is 7.04. The van der Waals surface area contributed by atoms with Gasteiger partial charge in [0.25, 0.3) is 0 Å². The average Bonchev–Trinajstić information content (AvgIpc) is 2.37. The Hall–Kier alpha value is -1.06. The van der Waals surface area contributed by atoms with Gasteiger partial charge >= 0.3 is 0 Å². The lowest BCUT2D eigenvalue weighted by atomic mass is 9.69. The summed E-state index contributed by atoms with van der Waals surface area (Å²) in [5, 5.41) is 2.96. The maximum absolute atomic E-state index is 11.6. The second-order valence-corrected chi connectivity index (χ2v) is 6.24. The van der Waals surface area contributed by atoms with Gasteiger partial charge in [-0.2, -0.15) is 0 Å². The number of rotatable bonds is 3. The fraction of sp³-hybridized carbons (Fsp3) is 0.562. The van der Waals surface area contributed by atoms with Crippen LogP contribution in [0.15, 0.2) is 24.3 Å². The van der Waals surface area contributed by atoms with Crippen LogP contribution in [-0.2, 0) is 10.2 Å². The number of halogens is 1. The van der Waals surface area contributed by atoms with Crippen LogP contribution in [0.1, 0.15) is 50.7 Å². The fourth-order valence-corrected chi connectivity index (χ4v) is 2.89. The third-order valence-electron chi connectivity index (χ3n) is 4.18. The molecule has 112 valence electrons. The van der Waals surface area contributed by atoms with Crippen LogP contribution in [0.2, 0.25) is 0 Å². The lowest BCUT2D eigenvalue weighted by molar-refractivity contribution is -0.122. The maximum atomic E-state index is 11.6. The van der Waals surface area contributed by atoms with E-state index in [2.05, 4.69) is 43.4 Å². The first-order valence-corrected chi connectivity index (χ1v) is 7.04. The van der Waals surface area contributed by atoms with Crippen molar-refractivity contribution in [2.75, 3.05) is 6.54 Å². The average molecular weight is 297 g/mol. The molecule has 1 aromatic rings. The van der Waals surface area contributed by atoms with Crippen molar-refractivity contribution in [3.05, 3.63) is 35.4 Å². The minimum absolute atomic E-state index is 0. The minimum atomic E-state index is -0.435. The third kappa shape index (κ3) is 3.53. The van der Waals surface area contributed by atoms with Crippen molar-refractivity contribution >= 4 is 18.3 Å². The lowest BCUT2D eigenvalue weighted by Gasteiger charge is -2.37. The van der Waals surface area contributed by atoms with Gasteiger partial charge in [0.1, 0.15) is 0 Å². The summed E-state index contributed by atoms with van der Waals surface area (Å²) >= 11 is 0. The van der Waals surface area contributed by atoms with E-state index in [-0.39, 0.29) is 23.7 Å². The summed E-state index contributed by atoms with van der Waals surface area (Å²) in [6.45, 7) is 6.99. The molecular weight excluding hydrogens is 272 g/mol. The van der Waals surface area contributed by atoms with E-state index in [1.807, 2.05) is 0 Å². The molecule has 0 heterocycles. The zero-order valence-electron chi connectivity index (χ0n) is 12.5. The number of hydrogen-bond acceptors (Lipinski definition) is 2. The number of amides is 1. The summed E-state index contributed by atoms with van der Waals surface area (Å²) in [6, 6.07) is 8.16. The third-order valence-corrected chi connectivity index (χ3v) is 4.18. The number of carbonyl (C=O) groups is 1. The van der Waals surface area contributed by atoms with E-state index in [9.17, 15) is 4.79 Å². The molecule has 4 heteroatoms. The van der Waals surface area contributed by atoms with Crippen molar-refractivity contribution < 1.29 is 4.79 Å². The maximum Gasteiger partial charge on any atom is 0.236 e. The molecular formula is C16H25ClN2O. The van der Waals surface area contributed by atoms with Crippen molar-refractivity contribution in [2.45, 2.75) is 51.0 Å². The highest BCUT2D eigenvalue weighted by molar-refractivity contribution is 5.85. The second-order valence-electron chi connectivity index (χ2n) is 6.24. The topological polar surface area (TPSA) is 55.1 Å². The van der Waals surface area contributed by atoms with Crippen LogP contribution in [0, 0.1) is 0 Å². The molecule has 2 unspecified atom stereocenters. The van der Waals surface area contributed by atoms with Gasteiger partial charge in [-0.1, -0.05) is 38.1 Å². The number of benzene rings is 1. The van der Waals surface area contributed by atoms with Crippen LogP contribution in [0.25, 0.3) is 0 Å². The van der Waals surface area contributed by atoms with Crippen LogP contribution in [0.5, 0.6) is 0 Å². The van der Waals surface area contributed by atoms with E-state index in [1.54, 1.807) is 6.92 Å². The minimum Gasteiger partial charge on any atom is -0.354 e. The standard InChI is InChI=1S/C16H24N2O.ClH/c1-11(17)15(19)18-10-12-8-9-16(2,3)14-7-5-4-6-13(12)14;/h4-7,11-12H,8-10,17H2,1-3H3,(H,18,19);1H. The van der Waals surface area contributed by atoms with Gasteiger partial charge in [0, 0.05) is 12.5 Å².